The first-order valence-electron chi connectivity index (χ1n) is 6.32. The average Bonchev–Trinajstić information content (AvgIpc) is 2.75. The van der Waals surface area contributed by atoms with Gasteiger partial charge in [-0.1, -0.05) is 11.6 Å². The van der Waals surface area contributed by atoms with Crippen molar-refractivity contribution < 1.29 is 18.3 Å². The molecular weight excluding hydrogens is 293 g/mol. The Morgan fingerprint density at radius 1 is 1.40 bits per heavy atom. The molecule has 2 heterocycles. The number of anilines is 1. The lowest BCUT2D eigenvalue weighted by atomic mass is 9.96. The highest BCUT2D eigenvalue weighted by molar-refractivity contribution is 6.33. The van der Waals surface area contributed by atoms with Crippen LogP contribution >= 0.6 is 11.6 Å². The third-order valence-electron chi connectivity index (χ3n) is 3.49. The topological polar surface area (TPSA) is 36.4 Å². The van der Waals surface area contributed by atoms with Crippen molar-refractivity contribution in [1.29, 1.82) is 0 Å². The van der Waals surface area contributed by atoms with Gasteiger partial charge in [-0.3, -0.25) is 0 Å². The van der Waals surface area contributed by atoms with Crippen LogP contribution < -0.4 is 4.90 Å². The first-order valence-corrected chi connectivity index (χ1v) is 6.70. The fraction of sp³-hybridized carbons (Fsp3) is 0.615. The summed E-state index contributed by atoms with van der Waals surface area (Å²) in [7, 11) is 0. The Kier molecular flexibility index (Phi) is 3.90. The average molecular weight is 309 g/mol. The summed E-state index contributed by atoms with van der Waals surface area (Å²) in [6.45, 7) is 3.97. The quantitative estimate of drug-likeness (QED) is 0.908. The maximum Gasteiger partial charge on any atom is 0.417 e. The second kappa shape index (κ2) is 5.07. The van der Waals surface area contributed by atoms with E-state index in [9.17, 15) is 18.3 Å². The van der Waals surface area contributed by atoms with Crippen LogP contribution in [-0.2, 0) is 6.18 Å². The van der Waals surface area contributed by atoms with Crippen molar-refractivity contribution in [2.24, 2.45) is 0 Å². The molecular formula is C13H16ClF3N2O. The number of aliphatic hydroxyl groups is 1. The molecule has 20 heavy (non-hydrogen) atoms. The second-order valence-corrected chi connectivity index (χ2v) is 5.94. The summed E-state index contributed by atoms with van der Waals surface area (Å²) in [6, 6.07) is 0.674. The SMILES string of the molecule is CC(C)(O)[C@@H]1CCCN1c1ncc(C(F)(F)F)cc1Cl. The van der Waals surface area contributed by atoms with Crippen LogP contribution in [0.5, 0.6) is 0 Å². The Morgan fingerprint density at radius 2 is 2.05 bits per heavy atom. The summed E-state index contributed by atoms with van der Waals surface area (Å²) >= 11 is 5.95. The highest BCUT2D eigenvalue weighted by atomic mass is 35.5. The van der Waals surface area contributed by atoms with E-state index in [2.05, 4.69) is 4.98 Å². The second-order valence-electron chi connectivity index (χ2n) is 5.53. The van der Waals surface area contributed by atoms with Crippen LogP contribution in [0.25, 0.3) is 0 Å². The molecule has 1 saturated heterocycles. The summed E-state index contributed by atoms with van der Waals surface area (Å²) in [6.07, 6.45) is -2.09. The largest absolute Gasteiger partial charge is 0.417 e. The number of hydrogen-bond acceptors (Lipinski definition) is 3. The Morgan fingerprint density at radius 3 is 2.55 bits per heavy atom. The van der Waals surface area contributed by atoms with Gasteiger partial charge in [0.25, 0.3) is 0 Å². The molecule has 2 rings (SSSR count). The van der Waals surface area contributed by atoms with E-state index in [0.29, 0.717) is 12.4 Å². The first-order chi connectivity index (χ1) is 9.10. The number of halogens is 4. The predicted molar refractivity (Wildman–Crippen MR) is 70.9 cm³/mol. The molecule has 1 aliphatic rings. The van der Waals surface area contributed by atoms with Crippen molar-refractivity contribution in [3.05, 3.63) is 22.8 Å². The van der Waals surface area contributed by atoms with E-state index < -0.39 is 17.3 Å². The maximum atomic E-state index is 12.6. The van der Waals surface area contributed by atoms with E-state index >= 15 is 0 Å². The van der Waals surface area contributed by atoms with Gasteiger partial charge in [0.15, 0.2) is 0 Å². The molecule has 1 aromatic rings. The lowest BCUT2D eigenvalue weighted by Gasteiger charge is -2.35. The molecule has 0 unspecified atom stereocenters. The Balaban J connectivity index is 2.34. The molecule has 1 aromatic heterocycles. The highest BCUT2D eigenvalue weighted by Crippen LogP contribution is 2.37. The van der Waals surface area contributed by atoms with Crippen LogP contribution in [0.2, 0.25) is 5.02 Å². The Labute approximate surface area is 120 Å². The van der Waals surface area contributed by atoms with E-state index in [4.69, 9.17) is 11.6 Å². The minimum atomic E-state index is -4.46. The summed E-state index contributed by atoms with van der Waals surface area (Å²) in [4.78, 5) is 5.63. The van der Waals surface area contributed by atoms with Gasteiger partial charge in [0, 0.05) is 12.7 Å². The zero-order chi connectivity index (χ0) is 15.1. The van der Waals surface area contributed by atoms with Crippen molar-refractivity contribution in [3.63, 3.8) is 0 Å². The summed E-state index contributed by atoms with van der Waals surface area (Å²) in [5.74, 6) is 0.296. The van der Waals surface area contributed by atoms with Crippen LogP contribution in [0.4, 0.5) is 19.0 Å². The number of pyridine rings is 1. The van der Waals surface area contributed by atoms with Gasteiger partial charge in [-0.15, -0.1) is 0 Å². The minimum absolute atomic E-state index is 0.0454. The van der Waals surface area contributed by atoms with Gasteiger partial charge in [-0.2, -0.15) is 13.2 Å². The van der Waals surface area contributed by atoms with Crippen molar-refractivity contribution in [2.45, 2.75) is 44.5 Å². The van der Waals surface area contributed by atoms with Crippen molar-refractivity contribution in [1.82, 2.24) is 4.98 Å². The molecule has 112 valence electrons. The van der Waals surface area contributed by atoms with Gasteiger partial charge in [0.05, 0.1) is 22.2 Å². The number of rotatable bonds is 2. The zero-order valence-electron chi connectivity index (χ0n) is 11.2. The molecule has 7 heteroatoms. The fourth-order valence-corrected chi connectivity index (χ4v) is 2.83. The minimum Gasteiger partial charge on any atom is -0.388 e. The van der Waals surface area contributed by atoms with Gasteiger partial charge in [0.1, 0.15) is 5.82 Å². The number of hydrogen-bond donors (Lipinski definition) is 1. The van der Waals surface area contributed by atoms with Crippen molar-refractivity contribution >= 4 is 17.4 Å². The summed E-state index contributed by atoms with van der Waals surface area (Å²) < 4.78 is 37.8. The van der Waals surface area contributed by atoms with E-state index in [-0.39, 0.29) is 11.1 Å². The van der Waals surface area contributed by atoms with E-state index in [1.807, 2.05) is 0 Å². The van der Waals surface area contributed by atoms with Crippen LogP contribution in [-0.4, -0.2) is 28.3 Å². The molecule has 0 radical (unpaired) electrons. The van der Waals surface area contributed by atoms with E-state index in [0.717, 1.165) is 25.1 Å². The standard InChI is InChI=1S/C13H16ClF3N2O/c1-12(2,20)10-4-3-5-19(10)11-9(14)6-8(7-18-11)13(15,16)17/h6-7,10,20H,3-5H2,1-2H3/t10-/m0/s1. The molecule has 1 N–H and O–H groups in total. The fourth-order valence-electron chi connectivity index (χ4n) is 2.55. The van der Waals surface area contributed by atoms with Crippen molar-refractivity contribution in [3.8, 4) is 0 Å². The third-order valence-corrected chi connectivity index (χ3v) is 3.77. The molecule has 0 saturated carbocycles. The third kappa shape index (κ3) is 3.01. The normalized spacial score (nSPS) is 20.6. The number of alkyl halides is 3. The van der Waals surface area contributed by atoms with Crippen molar-refractivity contribution in [2.75, 3.05) is 11.4 Å². The summed E-state index contributed by atoms with van der Waals surface area (Å²) in [5, 5.41) is 10.1. The van der Waals surface area contributed by atoms with Crippen LogP contribution in [0.15, 0.2) is 12.3 Å². The first kappa shape index (κ1) is 15.4. The Bertz CT molecular complexity index is 499. The van der Waals surface area contributed by atoms with Gasteiger partial charge in [0.2, 0.25) is 0 Å². The lowest BCUT2D eigenvalue weighted by Crippen LogP contribution is -2.46. The Hall–Kier alpha value is -1.01. The molecule has 1 atom stereocenters. The van der Waals surface area contributed by atoms with Gasteiger partial charge < -0.3 is 10.0 Å². The molecule has 0 bridgehead atoms. The van der Waals surface area contributed by atoms with E-state index in [1.54, 1.807) is 18.7 Å². The molecule has 0 aromatic carbocycles. The van der Waals surface area contributed by atoms with E-state index in [1.165, 1.54) is 0 Å². The molecule has 0 aliphatic carbocycles. The smallest absolute Gasteiger partial charge is 0.388 e. The highest BCUT2D eigenvalue weighted by Gasteiger charge is 2.38. The predicted octanol–water partition coefficient (Wildman–Crippen LogP) is 3.49. The molecule has 3 nitrogen and oxygen atoms in total. The van der Waals surface area contributed by atoms with Crippen LogP contribution in [0, 0.1) is 0 Å². The molecule has 0 amide bonds. The van der Waals surface area contributed by atoms with Crippen LogP contribution in [0.1, 0.15) is 32.3 Å². The molecule has 1 fully saturated rings. The number of aromatic nitrogens is 1. The van der Waals surface area contributed by atoms with Gasteiger partial charge in [-0.05, 0) is 32.8 Å². The number of nitrogens with zero attached hydrogens (tertiary/aromatic N) is 2. The zero-order valence-corrected chi connectivity index (χ0v) is 12.0. The van der Waals surface area contributed by atoms with Gasteiger partial charge in [-0.25, -0.2) is 4.98 Å². The van der Waals surface area contributed by atoms with Crippen LogP contribution in [0.3, 0.4) is 0 Å². The van der Waals surface area contributed by atoms with Gasteiger partial charge >= 0.3 is 6.18 Å². The molecule has 1 aliphatic heterocycles. The monoisotopic (exact) mass is 308 g/mol. The lowest BCUT2D eigenvalue weighted by molar-refractivity contribution is -0.137. The molecule has 0 spiro atoms. The maximum absolute atomic E-state index is 12.6. The summed E-state index contributed by atoms with van der Waals surface area (Å²) in [5.41, 5.74) is -1.84.